The maximum atomic E-state index is 10.5. The number of oxazole rings is 1. The molecule has 106 valence electrons. The Morgan fingerprint density at radius 2 is 2.00 bits per heavy atom. The van der Waals surface area contributed by atoms with Crippen LogP contribution in [0.2, 0.25) is 0 Å². The van der Waals surface area contributed by atoms with E-state index in [1.165, 1.54) is 12.5 Å². The minimum Gasteiger partial charge on any atom is -0.444 e. The molecule has 0 aliphatic carbocycles. The Labute approximate surface area is 119 Å². The van der Waals surface area contributed by atoms with E-state index in [9.17, 15) is 10.1 Å². The fraction of sp³-hybridized carbons (Fsp3) is 0.0714. The topological polar surface area (TPSA) is 94.3 Å². The van der Waals surface area contributed by atoms with Gasteiger partial charge in [-0.15, -0.1) is 0 Å². The lowest BCUT2D eigenvalue weighted by atomic mass is 10.1. The number of benzene rings is 1. The first kappa shape index (κ1) is 12.9. The molecule has 0 unspecified atom stereocenters. The van der Waals surface area contributed by atoms with Crippen molar-refractivity contribution in [2.24, 2.45) is 0 Å². The number of nitrogens with zero attached hydrogens (tertiary/aromatic N) is 2. The zero-order chi connectivity index (χ0) is 14.7. The van der Waals surface area contributed by atoms with E-state index >= 15 is 0 Å². The summed E-state index contributed by atoms with van der Waals surface area (Å²) in [7, 11) is 0. The molecule has 0 saturated carbocycles. The van der Waals surface area contributed by atoms with Gasteiger partial charge in [0.1, 0.15) is 10.7 Å². The van der Waals surface area contributed by atoms with Gasteiger partial charge in [0.2, 0.25) is 0 Å². The Bertz CT molecular complexity index is 732. The Balaban J connectivity index is 1.64. The Morgan fingerprint density at radius 1 is 1.19 bits per heavy atom. The monoisotopic (exact) mass is 285 g/mol. The third-order valence-corrected chi connectivity index (χ3v) is 2.90. The molecule has 2 aromatic heterocycles. The second-order valence-electron chi connectivity index (χ2n) is 4.29. The summed E-state index contributed by atoms with van der Waals surface area (Å²) in [6.07, 6.45) is 3.02. The van der Waals surface area contributed by atoms with Crippen LogP contribution in [0.3, 0.4) is 0 Å². The number of aromatic nitrogens is 1. The molecule has 3 rings (SSSR count). The largest absolute Gasteiger partial charge is 0.444 e. The first-order valence-corrected chi connectivity index (χ1v) is 6.18. The highest BCUT2D eigenvalue weighted by Gasteiger charge is 2.11. The lowest BCUT2D eigenvalue weighted by Crippen LogP contribution is -1.97. The summed E-state index contributed by atoms with van der Waals surface area (Å²) in [5.41, 5.74) is 1.80. The van der Waals surface area contributed by atoms with E-state index in [0.717, 1.165) is 11.3 Å². The van der Waals surface area contributed by atoms with E-state index in [2.05, 4.69) is 10.3 Å². The zero-order valence-corrected chi connectivity index (χ0v) is 10.9. The normalized spacial score (nSPS) is 10.5. The molecule has 7 nitrogen and oxygen atoms in total. The van der Waals surface area contributed by atoms with E-state index in [1.54, 1.807) is 12.3 Å². The number of nitrogens with one attached hydrogen (secondary N) is 1. The second kappa shape index (κ2) is 5.49. The van der Waals surface area contributed by atoms with E-state index < -0.39 is 4.92 Å². The highest BCUT2D eigenvalue weighted by molar-refractivity contribution is 5.60. The Morgan fingerprint density at radius 3 is 2.62 bits per heavy atom. The predicted molar refractivity (Wildman–Crippen MR) is 74.6 cm³/mol. The average molecular weight is 285 g/mol. The summed E-state index contributed by atoms with van der Waals surface area (Å²) < 4.78 is 10.3. The number of hydrogen-bond donors (Lipinski definition) is 1. The number of hydrogen-bond acceptors (Lipinski definition) is 6. The third-order valence-electron chi connectivity index (χ3n) is 2.90. The number of rotatable bonds is 5. The maximum absolute atomic E-state index is 10.5. The first-order valence-electron chi connectivity index (χ1n) is 6.18. The van der Waals surface area contributed by atoms with Crippen LogP contribution in [0, 0.1) is 10.1 Å². The van der Waals surface area contributed by atoms with Crippen LogP contribution in [-0.4, -0.2) is 9.91 Å². The summed E-state index contributed by atoms with van der Waals surface area (Å²) in [6, 6.07) is 10.5. The molecule has 1 aromatic carbocycles. The van der Waals surface area contributed by atoms with Gasteiger partial charge in [0.05, 0.1) is 18.8 Å². The third kappa shape index (κ3) is 2.92. The highest BCUT2D eigenvalue weighted by Crippen LogP contribution is 2.21. The highest BCUT2D eigenvalue weighted by atomic mass is 16.6. The van der Waals surface area contributed by atoms with Gasteiger partial charge in [-0.25, -0.2) is 4.98 Å². The van der Waals surface area contributed by atoms with Crippen molar-refractivity contribution in [3.8, 4) is 11.3 Å². The standard InChI is InChI=1S/C14H11N3O4/c18-17(19)14-6-5-12(21-14)7-16-11-3-1-10(2-4-11)13-8-15-9-20-13/h1-6,8-9,16H,7H2. The summed E-state index contributed by atoms with van der Waals surface area (Å²) in [5.74, 6) is 0.941. The minimum atomic E-state index is -0.560. The molecule has 0 aliphatic heterocycles. The van der Waals surface area contributed by atoms with Gasteiger partial charge in [0, 0.05) is 11.3 Å². The van der Waals surface area contributed by atoms with Gasteiger partial charge < -0.3 is 14.2 Å². The van der Waals surface area contributed by atoms with Crippen molar-refractivity contribution in [1.29, 1.82) is 0 Å². The minimum absolute atomic E-state index is 0.257. The smallest absolute Gasteiger partial charge is 0.433 e. The molecule has 21 heavy (non-hydrogen) atoms. The molecular formula is C14H11N3O4. The van der Waals surface area contributed by atoms with Crippen molar-refractivity contribution in [2.75, 3.05) is 5.32 Å². The zero-order valence-electron chi connectivity index (χ0n) is 10.9. The summed E-state index contributed by atoms with van der Waals surface area (Å²) in [4.78, 5) is 13.8. The van der Waals surface area contributed by atoms with Crippen molar-refractivity contribution in [3.63, 3.8) is 0 Å². The van der Waals surface area contributed by atoms with Crippen LogP contribution in [0.5, 0.6) is 0 Å². The van der Waals surface area contributed by atoms with Gasteiger partial charge >= 0.3 is 5.88 Å². The lowest BCUT2D eigenvalue weighted by Gasteiger charge is -2.04. The maximum Gasteiger partial charge on any atom is 0.433 e. The van der Waals surface area contributed by atoms with Crippen LogP contribution in [0.15, 0.2) is 57.8 Å². The van der Waals surface area contributed by atoms with Crippen molar-refractivity contribution in [1.82, 2.24) is 4.98 Å². The van der Waals surface area contributed by atoms with Crippen LogP contribution >= 0.6 is 0 Å². The molecule has 0 radical (unpaired) electrons. The number of nitro groups is 1. The molecule has 0 amide bonds. The number of anilines is 1. The Kier molecular flexibility index (Phi) is 3.38. The van der Waals surface area contributed by atoms with Gasteiger partial charge in [0.25, 0.3) is 0 Å². The molecule has 3 aromatic rings. The summed E-state index contributed by atoms with van der Waals surface area (Å²) in [5, 5.41) is 13.6. The van der Waals surface area contributed by atoms with Crippen LogP contribution in [0.1, 0.15) is 5.76 Å². The van der Waals surface area contributed by atoms with Crippen LogP contribution < -0.4 is 5.32 Å². The van der Waals surface area contributed by atoms with Crippen molar-refractivity contribution < 1.29 is 13.8 Å². The molecular weight excluding hydrogens is 274 g/mol. The fourth-order valence-electron chi connectivity index (χ4n) is 1.86. The lowest BCUT2D eigenvalue weighted by molar-refractivity contribution is -0.402. The average Bonchev–Trinajstić information content (AvgIpc) is 3.17. The summed E-state index contributed by atoms with van der Waals surface area (Å²) in [6.45, 7) is 0.371. The molecule has 0 saturated heterocycles. The van der Waals surface area contributed by atoms with Gasteiger partial charge in [0.15, 0.2) is 12.2 Å². The Hall–Kier alpha value is -3.09. The fourth-order valence-corrected chi connectivity index (χ4v) is 1.86. The summed E-state index contributed by atoms with van der Waals surface area (Å²) >= 11 is 0. The van der Waals surface area contributed by atoms with Crippen LogP contribution in [-0.2, 0) is 6.54 Å². The predicted octanol–water partition coefficient (Wildman–Crippen LogP) is 3.45. The molecule has 7 heteroatoms. The van der Waals surface area contributed by atoms with Gasteiger partial charge in [-0.2, -0.15) is 0 Å². The van der Waals surface area contributed by atoms with Gasteiger partial charge in [-0.3, -0.25) is 10.1 Å². The first-order chi connectivity index (χ1) is 10.2. The molecule has 2 heterocycles. The van der Waals surface area contributed by atoms with E-state index in [4.69, 9.17) is 8.83 Å². The van der Waals surface area contributed by atoms with E-state index in [0.29, 0.717) is 18.1 Å². The molecule has 1 N–H and O–H groups in total. The van der Waals surface area contributed by atoms with Crippen LogP contribution in [0.25, 0.3) is 11.3 Å². The second-order valence-corrected chi connectivity index (χ2v) is 4.29. The van der Waals surface area contributed by atoms with Crippen molar-refractivity contribution in [2.45, 2.75) is 6.54 Å². The quantitative estimate of drug-likeness (QED) is 0.570. The van der Waals surface area contributed by atoms with Crippen molar-refractivity contribution in [3.05, 3.63) is 64.9 Å². The van der Waals surface area contributed by atoms with E-state index in [1.807, 2.05) is 24.3 Å². The van der Waals surface area contributed by atoms with E-state index in [-0.39, 0.29) is 5.88 Å². The van der Waals surface area contributed by atoms with Crippen molar-refractivity contribution >= 4 is 11.6 Å². The molecule has 0 spiro atoms. The number of furan rings is 1. The molecule has 0 aliphatic rings. The SMILES string of the molecule is O=[N+]([O-])c1ccc(CNc2ccc(-c3cnco3)cc2)o1. The molecule has 0 atom stereocenters. The molecule has 0 fully saturated rings. The molecule has 0 bridgehead atoms. The van der Waals surface area contributed by atoms with Gasteiger partial charge in [-0.05, 0) is 30.3 Å². The van der Waals surface area contributed by atoms with Crippen LogP contribution in [0.4, 0.5) is 11.6 Å². The van der Waals surface area contributed by atoms with Gasteiger partial charge in [-0.1, -0.05) is 0 Å².